The lowest BCUT2D eigenvalue weighted by molar-refractivity contribution is -0.170. The summed E-state index contributed by atoms with van der Waals surface area (Å²) in [6, 6.07) is 0. The molecule has 0 radical (unpaired) electrons. The van der Waals surface area contributed by atoms with E-state index in [0.717, 1.165) is 5.57 Å². The number of aliphatic hydroxyl groups is 1. The average molecular weight is 433 g/mol. The molecular weight excluding hydrogens is 400 g/mol. The summed E-state index contributed by atoms with van der Waals surface area (Å²) in [5.41, 5.74) is 0.276. The Kier molecular flexibility index (Phi) is 6.84. The minimum Gasteiger partial charge on any atom is -0.461 e. The van der Waals surface area contributed by atoms with Crippen molar-refractivity contribution in [2.45, 2.75) is 78.1 Å². The zero-order valence-electron chi connectivity index (χ0n) is 18.6. The minimum absolute atomic E-state index is 0.0256. The molecule has 2 aliphatic carbocycles. The molecule has 3 aliphatic rings. The first-order chi connectivity index (χ1) is 14.5. The van der Waals surface area contributed by atoms with Crippen LogP contribution in [0.3, 0.4) is 0 Å². The van der Waals surface area contributed by atoms with Crippen molar-refractivity contribution in [1.29, 1.82) is 0 Å². The number of hydrogen-bond donors (Lipinski definition) is 1. The van der Waals surface area contributed by atoms with Crippen molar-refractivity contribution in [1.82, 2.24) is 0 Å². The summed E-state index contributed by atoms with van der Waals surface area (Å²) < 4.78 is 11.1. The highest BCUT2D eigenvalue weighted by atomic mass is 16.6. The van der Waals surface area contributed by atoms with Gasteiger partial charge in [0.25, 0.3) is 5.78 Å². The fourth-order valence-electron chi connectivity index (χ4n) is 4.59. The normalized spacial score (nSPS) is 33.5. The number of allylic oxidation sites excluding steroid dienone is 2. The number of carbonyl (C=O) groups is 4. The van der Waals surface area contributed by atoms with Gasteiger partial charge in [0.15, 0.2) is 5.78 Å². The third-order valence-corrected chi connectivity index (χ3v) is 7.11. The molecule has 0 amide bonds. The van der Waals surface area contributed by atoms with Crippen molar-refractivity contribution >= 4 is 23.5 Å². The summed E-state index contributed by atoms with van der Waals surface area (Å²) in [5.74, 6) is -2.64. The standard InChI is InChI=1S/C24H32O7/c1-5-24(3,4)23(29)31-19-8-6-7-14-11-17(25)13(2)16(20(14)19)10-9-15-12-18(26)21(27)22(28)30-15/h6-7,11,13,15-16,18-20,26H,5,8-10,12H2,1-4H3/t13-,15+,16+,18+,19-,20-/m0/s1. The maximum absolute atomic E-state index is 12.7. The Hall–Kier alpha value is -2.28. The van der Waals surface area contributed by atoms with Crippen LogP contribution in [0.25, 0.3) is 0 Å². The summed E-state index contributed by atoms with van der Waals surface area (Å²) in [5, 5.41) is 9.80. The molecule has 31 heavy (non-hydrogen) atoms. The van der Waals surface area contributed by atoms with E-state index in [4.69, 9.17) is 9.47 Å². The lowest BCUT2D eigenvalue weighted by Crippen LogP contribution is -2.45. The molecule has 1 heterocycles. The number of hydrogen-bond acceptors (Lipinski definition) is 7. The molecule has 7 heteroatoms. The molecule has 0 aromatic heterocycles. The van der Waals surface area contributed by atoms with Crippen molar-refractivity contribution < 1.29 is 33.8 Å². The molecule has 6 atom stereocenters. The highest BCUT2D eigenvalue weighted by molar-refractivity contribution is 6.35. The third kappa shape index (κ3) is 4.81. The molecule has 3 rings (SSSR count). The van der Waals surface area contributed by atoms with E-state index in [1.54, 1.807) is 6.08 Å². The quantitative estimate of drug-likeness (QED) is 0.508. The summed E-state index contributed by atoms with van der Waals surface area (Å²) >= 11 is 0. The average Bonchev–Trinajstić information content (AvgIpc) is 2.72. The predicted octanol–water partition coefficient (Wildman–Crippen LogP) is 2.70. The van der Waals surface area contributed by atoms with Gasteiger partial charge in [0.05, 0.1) is 5.41 Å². The summed E-state index contributed by atoms with van der Waals surface area (Å²) in [4.78, 5) is 48.5. The van der Waals surface area contributed by atoms with Gasteiger partial charge in [0.1, 0.15) is 18.3 Å². The number of ether oxygens (including phenoxy) is 2. The molecule has 7 nitrogen and oxygen atoms in total. The van der Waals surface area contributed by atoms with Gasteiger partial charge in [-0.3, -0.25) is 14.4 Å². The maximum atomic E-state index is 12.7. The van der Waals surface area contributed by atoms with Crippen LogP contribution in [0.5, 0.6) is 0 Å². The van der Waals surface area contributed by atoms with Crippen molar-refractivity contribution in [2.24, 2.45) is 23.2 Å². The Bertz CT molecular complexity index is 822. The van der Waals surface area contributed by atoms with Gasteiger partial charge in [0.2, 0.25) is 0 Å². The maximum Gasteiger partial charge on any atom is 0.377 e. The van der Waals surface area contributed by atoms with E-state index in [1.165, 1.54) is 0 Å². The van der Waals surface area contributed by atoms with Crippen LogP contribution in [0.4, 0.5) is 0 Å². The molecule has 1 saturated heterocycles. The predicted molar refractivity (Wildman–Crippen MR) is 112 cm³/mol. The lowest BCUT2D eigenvalue weighted by atomic mass is 9.65. The van der Waals surface area contributed by atoms with E-state index in [2.05, 4.69) is 0 Å². The first kappa shape index (κ1) is 23.4. The van der Waals surface area contributed by atoms with Crippen LogP contribution < -0.4 is 0 Å². The number of esters is 2. The highest BCUT2D eigenvalue weighted by Gasteiger charge is 2.45. The van der Waals surface area contributed by atoms with Crippen LogP contribution in [-0.2, 0) is 28.7 Å². The van der Waals surface area contributed by atoms with Gasteiger partial charge in [-0.2, -0.15) is 0 Å². The lowest BCUT2D eigenvalue weighted by Gasteiger charge is -2.42. The van der Waals surface area contributed by atoms with E-state index in [-0.39, 0.29) is 42.0 Å². The summed E-state index contributed by atoms with van der Waals surface area (Å²) in [6.45, 7) is 7.54. The van der Waals surface area contributed by atoms with Gasteiger partial charge >= 0.3 is 11.9 Å². The molecule has 1 N–H and O–H groups in total. The van der Waals surface area contributed by atoms with E-state index in [0.29, 0.717) is 25.7 Å². The Balaban J connectivity index is 1.78. The second-order valence-corrected chi connectivity index (χ2v) is 9.56. The first-order valence-corrected chi connectivity index (χ1v) is 11.1. The molecular formula is C24H32O7. The smallest absolute Gasteiger partial charge is 0.377 e. The topological polar surface area (TPSA) is 107 Å². The molecule has 0 aromatic carbocycles. The minimum atomic E-state index is -1.34. The van der Waals surface area contributed by atoms with Crippen LogP contribution in [-0.4, -0.2) is 46.9 Å². The molecule has 0 saturated carbocycles. The summed E-state index contributed by atoms with van der Waals surface area (Å²) in [7, 11) is 0. The Morgan fingerprint density at radius 1 is 1.26 bits per heavy atom. The van der Waals surface area contributed by atoms with Crippen molar-refractivity contribution in [2.75, 3.05) is 0 Å². The number of carbonyl (C=O) groups excluding carboxylic acids is 4. The Morgan fingerprint density at radius 2 is 1.97 bits per heavy atom. The fraction of sp³-hybridized carbons (Fsp3) is 0.667. The number of cyclic esters (lactones) is 1. The molecule has 0 bridgehead atoms. The largest absolute Gasteiger partial charge is 0.461 e. The number of fused-ring (bicyclic) bond motifs is 1. The number of rotatable bonds is 6. The highest BCUT2D eigenvalue weighted by Crippen LogP contribution is 2.44. The van der Waals surface area contributed by atoms with Crippen LogP contribution in [0.15, 0.2) is 23.8 Å². The van der Waals surface area contributed by atoms with Crippen molar-refractivity contribution in [3.63, 3.8) is 0 Å². The van der Waals surface area contributed by atoms with Crippen molar-refractivity contribution in [3.05, 3.63) is 23.8 Å². The molecule has 1 aliphatic heterocycles. The fourth-order valence-corrected chi connectivity index (χ4v) is 4.59. The molecule has 0 aromatic rings. The second kappa shape index (κ2) is 9.07. The van der Waals surface area contributed by atoms with Crippen LogP contribution in [0.1, 0.15) is 59.8 Å². The number of ketones is 2. The summed E-state index contributed by atoms with van der Waals surface area (Å²) in [6.07, 6.45) is 5.52. The van der Waals surface area contributed by atoms with Gasteiger partial charge in [-0.15, -0.1) is 0 Å². The van der Waals surface area contributed by atoms with Gasteiger partial charge in [-0.1, -0.05) is 26.0 Å². The van der Waals surface area contributed by atoms with E-state index < -0.39 is 29.4 Å². The number of Topliss-reactive ketones (excluding diaryl/α,β-unsaturated/α-hetero) is 1. The second-order valence-electron chi connectivity index (χ2n) is 9.56. The zero-order valence-corrected chi connectivity index (χ0v) is 18.6. The number of aliphatic hydroxyl groups excluding tert-OH is 1. The first-order valence-electron chi connectivity index (χ1n) is 11.1. The van der Waals surface area contributed by atoms with Gasteiger partial charge in [-0.25, -0.2) is 4.79 Å². The van der Waals surface area contributed by atoms with Crippen LogP contribution >= 0.6 is 0 Å². The zero-order chi connectivity index (χ0) is 22.9. The van der Waals surface area contributed by atoms with Crippen LogP contribution in [0.2, 0.25) is 0 Å². The Labute approximate surface area is 182 Å². The van der Waals surface area contributed by atoms with E-state index in [1.807, 2.05) is 39.8 Å². The Morgan fingerprint density at radius 3 is 2.61 bits per heavy atom. The third-order valence-electron chi connectivity index (χ3n) is 7.11. The molecule has 1 fully saturated rings. The van der Waals surface area contributed by atoms with E-state index >= 15 is 0 Å². The molecule has 0 unspecified atom stereocenters. The SMILES string of the molecule is CCC(C)(C)C(=O)O[C@H]1CC=CC2=CC(=O)[C@@H](C)[C@@H](CC[C@@H]3C[C@@H](O)C(=O)C(=O)O3)[C@H]21. The molecule has 170 valence electrons. The van der Waals surface area contributed by atoms with Gasteiger partial charge < -0.3 is 14.6 Å². The molecule has 0 spiro atoms. The van der Waals surface area contributed by atoms with Crippen LogP contribution in [0, 0.1) is 23.2 Å². The van der Waals surface area contributed by atoms with Gasteiger partial charge in [0, 0.05) is 24.7 Å². The van der Waals surface area contributed by atoms with Crippen molar-refractivity contribution in [3.8, 4) is 0 Å². The van der Waals surface area contributed by atoms with E-state index in [9.17, 15) is 24.3 Å². The monoisotopic (exact) mass is 432 g/mol. The van der Waals surface area contributed by atoms with Gasteiger partial charge in [-0.05, 0) is 50.7 Å².